The fraction of sp³-hybridized carbons (Fsp3) is 0.200. The van der Waals surface area contributed by atoms with Crippen molar-refractivity contribution in [2.24, 2.45) is 0 Å². The van der Waals surface area contributed by atoms with Gasteiger partial charge in [0.1, 0.15) is 11.6 Å². The molecule has 0 spiro atoms. The molecule has 34 heavy (non-hydrogen) atoms. The molecule has 178 valence electrons. The van der Waals surface area contributed by atoms with Gasteiger partial charge in [-0.15, -0.1) is 10.1 Å². The Morgan fingerprint density at radius 3 is 1.74 bits per heavy atom. The highest BCUT2D eigenvalue weighted by molar-refractivity contribution is 7.90. The number of hydrogen-bond acceptors (Lipinski definition) is 5. The summed E-state index contributed by atoms with van der Waals surface area (Å²) in [4.78, 5) is 15.0. The third-order valence-electron chi connectivity index (χ3n) is 5.22. The van der Waals surface area contributed by atoms with Crippen LogP contribution in [0.5, 0.6) is 0 Å². The predicted molar refractivity (Wildman–Crippen MR) is 125 cm³/mol. The van der Waals surface area contributed by atoms with E-state index in [1.807, 2.05) is 0 Å². The van der Waals surface area contributed by atoms with Crippen molar-refractivity contribution in [3.05, 3.63) is 111 Å². The van der Waals surface area contributed by atoms with E-state index in [0.717, 1.165) is 23.0 Å². The van der Waals surface area contributed by atoms with Crippen LogP contribution in [-0.4, -0.2) is 26.4 Å². The fourth-order valence-electron chi connectivity index (χ4n) is 3.61. The zero-order valence-corrected chi connectivity index (χ0v) is 19.2. The Labute approximate surface area is 196 Å². The molecule has 0 unspecified atom stereocenters. The van der Waals surface area contributed by atoms with Gasteiger partial charge >= 0.3 is 0 Å². The molecule has 6 nitrogen and oxygen atoms in total. The molecule has 0 aliphatic heterocycles. The molecule has 0 aliphatic carbocycles. The number of halogens is 2. The topological polar surface area (TPSA) is 86.5 Å². The van der Waals surface area contributed by atoms with Crippen LogP contribution in [0.4, 0.5) is 8.78 Å². The summed E-state index contributed by atoms with van der Waals surface area (Å²) in [5, 5.41) is 9.58. The average Bonchev–Trinajstić information content (AvgIpc) is 2.79. The van der Waals surface area contributed by atoms with Gasteiger partial charge in [-0.3, -0.25) is 0 Å². The van der Waals surface area contributed by atoms with Gasteiger partial charge in [0, 0.05) is 6.26 Å². The second-order valence-corrected chi connectivity index (χ2v) is 9.69. The Kier molecular flexibility index (Phi) is 8.12. The normalized spacial score (nSPS) is 11.1. The molecule has 3 aromatic carbocycles. The summed E-state index contributed by atoms with van der Waals surface area (Å²) in [5.74, 6) is -0.809. The summed E-state index contributed by atoms with van der Waals surface area (Å²) >= 11 is 0. The molecule has 3 rings (SSSR count). The first-order chi connectivity index (χ1) is 16.1. The van der Waals surface area contributed by atoms with Crippen LogP contribution in [0.2, 0.25) is 0 Å². The molecule has 0 saturated heterocycles. The van der Waals surface area contributed by atoms with E-state index in [1.165, 1.54) is 36.4 Å². The average molecular weight is 488 g/mol. The highest BCUT2D eigenvalue weighted by Crippen LogP contribution is 2.36. The maximum Gasteiger partial charge on any atom is 0.294 e. The summed E-state index contributed by atoms with van der Waals surface area (Å²) < 4.78 is 51.1. The molecule has 9 heteroatoms. The lowest BCUT2D eigenvalue weighted by atomic mass is 9.87. The molecule has 0 amide bonds. The molecule has 0 fully saturated rings. The molecule has 0 aromatic heterocycles. The van der Waals surface area contributed by atoms with Crippen molar-refractivity contribution in [2.75, 3.05) is 12.9 Å². The first-order valence-corrected chi connectivity index (χ1v) is 12.4. The van der Waals surface area contributed by atoms with E-state index in [2.05, 4.69) is 4.84 Å². The Bertz CT molecular complexity index is 1220. The van der Waals surface area contributed by atoms with Crippen LogP contribution in [0.3, 0.4) is 0 Å². The van der Waals surface area contributed by atoms with Crippen molar-refractivity contribution in [2.45, 2.75) is 24.2 Å². The fourth-order valence-corrected chi connectivity index (χ4v) is 4.24. The van der Waals surface area contributed by atoms with Gasteiger partial charge in [-0.2, -0.15) is 0 Å². The number of benzene rings is 3. The number of nitrogens with zero attached hydrogens (tertiary/aromatic N) is 1. The monoisotopic (exact) mass is 487 g/mol. The molecule has 0 N–H and O–H groups in total. The summed E-state index contributed by atoms with van der Waals surface area (Å²) in [6.07, 6.45) is 2.52. The second-order valence-electron chi connectivity index (χ2n) is 7.68. The van der Waals surface area contributed by atoms with Gasteiger partial charge in [-0.1, -0.05) is 36.4 Å². The quantitative estimate of drug-likeness (QED) is 0.158. The summed E-state index contributed by atoms with van der Waals surface area (Å²) in [6, 6.07) is 18.2. The van der Waals surface area contributed by atoms with E-state index >= 15 is 0 Å². The highest BCUT2D eigenvalue weighted by Gasteiger charge is 2.16. The van der Waals surface area contributed by atoms with Gasteiger partial charge < -0.3 is 4.84 Å². The van der Waals surface area contributed by atoms with Crippen molar-refractivity contribution in [1.82, 2.24) is 0 Å². The van der Waals surface area contributed by atoms with Gasteiger partial charge in [0.25, 0.3) is 5.09 Å². The number of sulfone groups is 1. The second kappa shape index (κ2) is 11.0. The Morgan fingerprint density at radius 1 is 0.824 bits per heavy atom. The lowest BCUT2D eigenvalue weighted by Gasteiger charge is -2.18. The smallest absolute Gasteiger partial charge is 0.294 e. The van der Waals surface area contributed by atoms with Gasteiger partial charge in [0.2, 0.25) is 0 Å². The standard InChI is InChI=1S/C25H23F2NO5S/c1-34(31,32)23-15-9-18(10-16-23)24(4-2-3-17-33-28(29)30)25(19-5-11-21(26)12-6-19)20-7-13-22(27)14-8-20/h5-16H,2-4,17H2,1H3. The van der Waals surface area contributed by atoms with Crippen LogP contribution in [0.25, 0.3) is 11.1 Å². The van der Waals surface area contributed by atoms with Crippen molar-refractivity contribution < 1.29 is 27.1 Å². The summed E-state index contributed by atoms with van der Waals surface area (Å²) in [7, 11) is -3.39. The molecular weight excluding hydrogens is 464 g/mol. The van der Waals surface area contributed by atoms with Gasteiger partial charge in [-0.05, 0) is 83.5 Å². The minimum absolute atomic E-state index is 0.0598. The zero-order chi connectivity index (χ0) is 24.7. The molecule has 0 radical (unpaired) electrons. The molecule has 3 aromatic rings. The van der Waals surface area contributed by atoms with E-state index in [0.29, 0.717) is 30.4 Å². The molecule has 0 atom stereocenters. The molecule has 0 bridgehead atoms. The molecule has 0 aliphatic rings. The van der Waals surface area contributed by atoms with E-state index in [-0.39, 0.29) is 11.5 Å². The van der Waals surface area contributed by atoms with Crippen molar-refractivity contribution in [1.29, 1.82) is 0 Å². The van der Waals surface area contributed by atoms with Gasteiger partial charge in [0.05, 0.1) is 11.5 Å². The minimum atomic E-state index is -3.39. The number of hydrogen-bond donors (Lipinski definition) is 0. The number of allylic oxidation sites excluding steroid dienone is 1. The van der Waals surface area contributed by atoms with Crippen LogP contribution >= 0.6 is 0 Å². The highest BCUT2D eigenvalue weighted by atomic mass is 32.2. The van der Waals surface area contributed by atoms with Crippen molar-refractivity contribution >= 4 is 21.0 Å². The first kappa shape index (κ1) is 25.0. The molecular formula is C25H23F2NO5S. The lowest BCUT2D eigenvalue weighted by Crippen LogP contribution is -2.03. The maximum atomic E-state index is 13.6. The first-order valence-electron chi connectivity index (χ1n) is 10.5. The Balaban J connectivity index is 2.13. The van der Waals surface area contributed by atoms with Gasteiger partial charge in [0.15, 0.2) is 9.84 Å². The van der Waals surface area contributed by atoms with E-state index in [1.54, 1.807) is 36.4 Å². The summed E-state index contributed by atoms with van der Waals surface area (Å²) in [6.45, 7) is -0.0598. The van der Waals surface area contributed by atoms with E-state index < -0.39 is 26.6 Å². The minimum Gasteiger partial charge on any atom is -0.314 e. The summed E-state index contributed by atoms with van der Waals surface area (Å²) in [5.41, 5.74) is 3.64. The van der Waals surface area contributed by atoms with Crippen LogP contribution in [-0.2, 0) is 14.7 Å². The molecule has 0 heterocycles. The van der Waals surface area contributed by atoms with Crippen LogP contribution in [0.15, 0.2) is 77.7 Å². The zero-order valence-electron chi connectivity index (χ0n) is 18.4. The van der Waals surface area contributed by atoms with Gasteiger partial charge in [-0.25, -0.2) is 17.2 Å². The van der Waals surface area contributed by atoms with Crippen LogP contribution < -0.4 is 0 Å². The predicted octanol–water partition coefficient (Wildman–Crippen LogP) is 5.71. The Morgan fingerprint density at radius 2 is 1.29 bits per heavy atom. The van der Waals surface area contributed by atoms with Crippen molar-refractivity contribution in [3.8, 4) is 0 Å². The third-order valence-corrected chi connectivity index (χ3v) is 6.34. The number of unbranched alkanes of at least 4 members (excludes halogenated alkanes) is 1. The SMILES string of the molecule is CS(=O)(=O)c1ccc(C(CCCCO[N+](=O)[O-])=C(c2ccc(F)cc2)c2ccc(F)cc2)cc1. The Hall–Kier alpha value is -3.59. The maximum absolute atomic E-state index is 13.6. The number of rotatable bonds is 10. The van der Waals surface area contributed by atoms with Crippen molar-refractivity contribution in [3.63, 3.8) is 0 Å². The van der Waals surface area contributed by atoms with E-state index in [4.69, 9.17) is 0 Å². The van der Waals surface area contributed by atoms with Crippen LogP contribution in [0, 0.1) is 21.7 Å². The largest absolute Gasteiger partial charge is 0.314 e. The lowest BCUT2D eigenvalue weighted by molar-refractivity contribution is -0.757. The molecule has 0 saturated carbocycles. The van der Waals surface area contributed by atoms with E-state index in [9.17, 15) is 27.3 Å². The van der Waals surface area contributed by atoms with Crippen LogP contribution in [0.1, 0.15) is 36.0 Å². The third kappa shape index (κ3) is 6.71.